The topological polar surface area (TPSA) is 77.0 Å². The lowest BCUT2D eigenvalue weighted by Gasteiger charge is -2.16. The third kappa shape index (κ3) is 3.77. The SMILES string of the molecule is COc1cc(OC)c(C(=O)NC(C)CCO)cc1OC. The summed E-state index contributed by atoms with van der Waals surface area (Å²) in [6.45, 7) is 1.84. The Hall–Kier alpha value is -1.95. The number of aliphatic hydroxyl groups is 1. The first-order chi connectivity index (χ1) is 9.57. The molecule has 0 saturated carbocycles. The summed E-state index contributed by atoms with van der Waals surface area (Å²) in [5.41, 5.74) is 0.356. The van der Waals surface area contributed by atoms with E-state index in [0.29, 0.717) is 29.2 Å². The van der Waals surface area contributed by atoms with Crippen molar-refractivity contribution in [1.29, 1.82) is 0 Å². The molecular weight excluding hydrogens is 262 g/mol. The number of carbonyl (C=O) groups excluding carboxylic acids is 1. The van der Waals surface area contributed by atoms with Crippen molar-refractivity contribution < 1.29 is 24.1 Å². The minimum atomic E-state index is -0.288. The number of hydrogen-bond acceptors (Lipinski definition) is 5. The monoisotopic (exact) mass is 283 g/mol. The zero-order chi connectivity index (χ0) is 15.1. The fraction of sp³-hybridized carbons (Fsp3) is 0.500. The van der Waals surface area contributed by atoms with E-state index in [2.05, 4.69) is 5.32 Å². The van der Waals surface area contributed by atoms with Crippen LogP contribution in [0.5, 0.6) is 17.2 Å². The summed E-state index contributed by atoms with van der Waals surface area (Å²) < 4.78 is 15.5. The largest absolute Gasteiger partial charge is 0.496 e. The number of rotatable bonds is 7. The Labute approximate surface area is 118 Å². The third-order valence-electron chi connectivity index (χ3n) is 2.89. The van der Waals surface area contributed by atoms with Crippen molar-refractivity contribution in [2.24, 2.45) is 0 Å². The zero-order valence-corrected chi connectivity index (χ0v) is 12.2. The van der Waals surface area contributed by atoms with Crippen LogP contribution >= 0.6 is 0 Å². The van der Waals surface area contributed by atoms with Crippen LogP contribution in [0.15, 0.2) is 12.1 Å². The van der Waals surface area contributed by atoms with E-state index in [9.17, 15) is 4.79 Å². The Morgan fingerprint density at radius 2 is 1.70 bits per heavy atom. The molecule has 0 saturated heterocycles. The number of nitrogens with one attached hydrogen (secondary N) is 1. The first-order valence-electron chi connectivity index (χ1n) is 6.29. The molecule has 1 rings (SSSR count). The van der Waals surface area contributed by atoms with Crippen LogP contribution < -0.4 is 19.5 Å². The van der Waals surface area contributed by atoms with Gasteiger partial charge in [-0.25, -0.2) is 0 Å². The molecular formula is C14H21NO5. The predicted molar refractivity (Wildman–Crippen MR) is 74.7 cm³/mol. The van der Waals surface area contributed by atoms with Gasteiger partial charge in [0.1, 0.15) is 5.75 Å². The molecule has 6 heteroatoms. The van der Waals surface area contributed by atoms with Crippen LogP contribution in [0.1, 0.15) is 23.7 Å². The van der Waals surface area contributed by atoms with Gasteiger partial charge in [-0.2, -0.15) is 0 Å². The van der Waals surface area contributed by atoms with E-state index in [-0.39, 0.29) is 18.6 Å². The maximum Gasteiger partial charge on any atom is 0.255 e. The van der Waals surface area contributed by atoms with Crippen LogP contribution in [0.3, 0.4) is 0 Å². The molecule has 6 nitrogen and oxygen atoms in total. The van der Waals surface area contributed by atoms with Crippen LogP contribution in [0, 0.1) is 0 Å². The molecule has 112 valence electrons. The Balaban J connectivity index is 3.06. The van der Waals surface area contributed by atoms with Gasteiger partial charge in [-0.15, -0.1) is 0 Å². The summed E-state index contributed by atoms with van der Waals surface area (Å²) in [5, 5.41) is 11.6. The number of methoxy groups -OCH3 is 3. The van der Waals surface area contributed by atoms with Gasteiger partial charge in [0.15, 0.2) is 11.5 Å². The second-order valence-electron chi connectivity index (χ2n) is 4.29. The molecule has 1 unspecified atom stereocenters. The van der Waals surface area contributed by atoms with Crippen LogP contribution in [-0.2, 0) is 0 Å². The van der Waals surface area contributed by atoms with E-state index in [1.54, 1.807) is 12.1 Å². The van der Waals surface area contributed by atoms with Crippen molar-refractivity contribution >= 4 is 5.91 Å². The molecule has 0 aliphatic rings. The molecule has 20 heavy (non-hydrogen) atoms. The molecule has 0 spiro atoms. The highest BCUT2D eigenvalue weighted by Gasteiger charge is 2.18. The molecule has 2 N–H and O–H groups in total. The van der Waals surface area contributed by atoms with Gasteiger partial charge in [0.05, 0.1) is 26.9 Å². The lowest BCUT2D eigenvalue weighted by atomic mass is 10.1. The van der Waals surface area contributed by atoms with Gasteiger partial charge < -0.3 is 24.6 Å². The fourth-order valence-electron chi connectivity index (χ4n) is 1.77. The molecule has 0 heterocycles. The minimum Gasteiger partial charge on any atom is -0.496 e. The lowest BCUT2D eigenvalue weighted by molar-refractivity contribution is 0.0931. The second-order valence-corrected chi connectivity index (χ2v) is 4.29. The lowest BCUT2D eigenvalue weighted by Crippen LogP contribution is -2.33. The number of ether oxygens (including phenoxy) is 3. The summed E-state index contributed by atoms with van der Waals surface area (Å²) in [5.74, 6) is 1.05. The molecule has 1 aromatic rings. The van der Waals surface area contributed by atoms with Gasteiger partial charge in [0, 0.05) is 24.8 Å². The maximum atomic E-state index is 12.2. The number of benzene rings is 1. The van der Waals surface area contributed by atoms with Crippen LogP contribution in [-0.4, -0.2) is 45.0 Å². The molecule has 0 radical (unpaired) electrons. The van der Waals surface area contributed by atoms with Gasteiger partial charge in [-0.05, 0) is 13.3 Å². The highest BCUT2D eigenvalue weighted by atomic mass is 16.5. The minimum absolute atomic E-state index is 0.0184. The Morgan fingerprint density at radius 3 is 2.20 bits per heavy atom. The van der Waals surface area contributed by atoms with E-state index < -0.39 is 0 Å². The van der Waals surface area contributed by atoms with Crippen molar-refractivity contribution in [3.05, 3.63) is 17.7 Å². The Morgan fingerprint density at radius 1 is 1.15 bits per heavy atom. The average molecular weight is 283 g/mol. The highest BCUT2D eigenvalue weighted by Crippen LogP contribution is 2.34. The van der Waals surface area contributed by atoms with E-state index in [0.717, 1.165) is 0 Å². The summed E-state index contributed by atoms with van der Waals surface area (Å²) in [4.78, 5) is 12.2. The molecule has 0 aliphatic heterocycles. The fourth-order valence-corrected chi connectivity index (χ4v) is 1.77. The quantitative estimate of drug-likeness (QED) is 0.786. The van der Waals surface area contributed by atoms with Gasteiger partial charge in [0.25, 0.3) is 5.91 Å². The Bertz CT molecular complexity index is 461. The summed E-state index contributed by atoms with van der Waals surface area (Å²) in [7, 11) is 4.50. The van der Waals surface area contributed by atoms with E-state index in [4.69, 9.17) is 19.3 Å². The molecule has 0 fully saturated rings. The van der Waals surface area contributed by atoms with Crippen molar-refractivity contribution in [2.75, 3.05) is 27.9 Å². The summed E-state index contributed by atoms with van der Waals surface area (Å²) in [6, 6.07) is 3.04. The number of hydrogen-bond donors (Lipinski definition) is 2. The first kappa shape index (κ1) is 16.1. The van der Waals surface area contributed by atoms with E-state index in [1.165, 1.54) is 21.3 Å². The van der Waals surface area contributed by atoms with E-state index >= 15 is 0 Å². The zero-order valence-electron chi connectivity index (χ0n) is 12.2. The maximum absolute atomic E-state index is 12.2. The van der Waals surface area contributed by atoms with Crippen molar-refractivity contribution in [2.45, 2.75) is 19.4 Å². The third-order valence-corrected chi connectivity index (χ3v) is 2.89. The van der Waals surface area contributed by atoms with Gasteiger partial charge >= 0.3 is 0 Å². The molecule has 0 bridgehead atoms. The van der Waals surface area contributed by atoms with E-state index in [1.807, 2.05) is 6.92 Å². The Kier molecular flexibility index (Phi) is 6.11. The number of amides is 1. The molecule has 0 aliphatic carbocycles. The van der Waals surface area contributed by atoms with Crippen LogP contribution in [0.25, 0.3) is 0 Å². The van der Waals surface area contributed by atoms with Crippen molar-refractivity contribution in [3.8, 4) is 17.2 Å². The standard InChI is InChI=1S/C14H21NO5/c1-9(5-6-16)15-14(17)10-7-12(19-3)13(20-4)8-11(10)18-2/h7-9,16H,5-6H2,1-4H3,(H,15,17). The van der Waals surface area contributed by atoms with Gasteiger partial charge in [-0.1, -0.05) is 0 Å². The number of aliphatic hydroxyl groups excluding tert-OH is 1. The highest BCUT2D eigenvalue weighted by molar-refractivity contribution is 5.98. The number of carbonyl (C=O) groups is 1. The van der Waals surface area contributed by atoms with Gasteiger partial charge in [0.2, 0.25) is 0 Å². The van der Waals surface area contributed by atoms with Crippen LogP contribution in [0.2, 0.25) is 0 Å². The van der Waals surface area contributed by atoms with Crippen molar-refractivity contribution in [3.63, 3.8) is 0 Å². The van der Waals surface area contributed by atoms with Crippen LogP contribution in [0.4, 0.5) is 0 Å². The molecule has 1 amide bonds. The second kappa shape index (κ2) is 7.59. The van der Waals surface area contributed by atoms with Crippen molar-refractivity contribution in [1.82, 2.24) is 5.32 Å². The van der Waals surface area contributed by atoms with Gasteiger partial charge in [-0.3, -0.25) is 4.79 Å². The normalized spacial score (nSPS) is 11.7. The summed E-state index contributed by atoms with van der Waals surface area (Å²) >= 11 is 0. The first-order valence-corrected chi connectivity index (χ1v) is 6.29. The average Bonchev–Trinajstić information content (AvgIpc) is 2.45. The summed E-state index contributed by atoms with van der Waals surface area (Å²) in [6.07, 6.45) is 0.487. The smallest absolute Gasteiger partial charge is 0.255 e. The molecule has 1 atom stereocenters. The molecule has 1 aromatic carbocycles. The predicted octanol–water partition coefficient (Wildman–Crippen LogP) is 1.21. The molecule has 0 aromatic heterocycles.